The number of oxazole rings is 1. The number of hydrogen-bond donors (Lipinski definition) is 0. The fourth-order valence-electron chi connectivity index (χ4n) is 0.419. The maximum absolute atomic E-state index is 10.6. The van der Waals surface area contributed by atoms with E-state index in [1.807, 2.05) is 0 Å². The number of rotatable bonds is 2. The van der Waals surface area contributed by atoms with Crippen LogP contribution in [0.1, 0.15) is 10.6 Å². The number of carbonyl (C=O) groups is 1. The normalized spacial score (nSPS) is 9.44. The summed E-state index contributed by atoms with van der Waals surface area (Å²) in [5.41, 5.74) is 0. The van der Waals surface area contributed by atoms with Crippen molar-refractivity contribution in [1.29, 1.82) is 0 Å². The number of halogens is 1. The third kappa shape index (κ3) is 1.29. The second kappa shape index (κ2) is 2.64. The molecule has 1 aromatic rings. The van der Waals surface area contributed by atoms with E-state index in [4.69, 9.17) is 11.6 Å². The van der Waals surface area contributed by atoms with Gasteiger partial charge >= 0.3 is 0 Å². The molecule has 48 valence electrons. The zero-order valence-corrected chi connectivity index (χ0v) is 5.26. The number of carbonyl (C=O) groups excluding carboxylic acids is 1. The highest BCUT2D eigenvalue weighted by atomic mass is 35.5. The smallest absolute Gasteiger partial charge is 0.214 e. The fraction of sp³-hybridized carbons (Fsp3) is 0.200. The van der Waals surface area contributed by atoms with E-state index >= 15 is 0 Å². The van der Waals surface area contributed by atoms with Crippen molar-refractivity contribution >= 4 is 17.4 Å². The van der Waals surface area contributed by atoms with Gasteiger partial charge in [0.15, 0.2) is 12.2 Å². The molecule has 0 bridgehead atoms. The highest BCUT2D eigenvalue weighted by Crippen LogP contribution is 1.98. The summed E-state index contributed by atoms with van der Waals surface area (Å²) in [6.45, 7) is 0. The summed E-state index contributed by atoms with van der Waals surface area (Å²) in [5, 5.41) is 0. The van der Waals surface area contributed by atoms with Crippen molar-refractivity contribution in [2.24, 2.45) is 0 Å². The molecule has 0 N–H and O–H groups in total. The molecule has 0 unspecified atom stereocenters. The Morgan fingerprint density at radius 3 is 3.11 bits per heavy atom. The number of Topliss-reactive ketones (excluding diaryl/α,β-unsaturated/α-hetero) is 1. The molecule has 1 rings (SSSR count). The summed E-state index contributed by atoms with van der Waals surface area (Å²) in [6, 6.07) is 0. The molecule has 4 heteroatoms. The third-order valence-electron chi connectivity index (χ3n) is 0.829. The average molecular weight is 146 g/mol. The molecule has 0 atom stereocenters. The zero-order chi connectivity index (χ0) is 6.69. The quantitative estimate of drug-likeness (QED) is 0.462. The van der Waals surface area contributed by atoms with Crippen LogP contribution in [0.3, 0.4) is 0 Å². The van der Waals surface area contributed by atoms with Crippen molar-refractivity contribution in [1.82, 2.24) is 4.98 Å². The molecular formula is C5H4ClNO2. The molecular weight excluding hydrogens is 142 g/mol. The lowest BCUT2D eigenvalue weighted by Gasteiger charge is -1.83. The van der Waals surface area contributed by atoms with Crippen molar-refractivity contribution in [2.45, 2.75) is 0 Å². The van der Waals surface area contributed by atoms with Crippen molar-refractivity contribution < 1.29 is 9.21 Å². The van der Waals surface area contributed by atoms with Crippen LogP contribution in [0.5, 0.6) is 0 Å². The second-order valence-electron chi connectivity index (χ2n) is 1.42. The minimum absolute atomic E-state index is 0.0603. The van der Waals surface area contributed by atoms with Crippen LogP contribution < -0.4 is 0 Å². The SMILES string of the molecule is O=C(CCl)c1cnco1. The van der Waals surface area contributed by atoms with E-state index < -0.39 is 0 Å². The monoisotopic (exact) mass is 145 g/mol. The van der Waals surface area contributed by atoms with Crippen LogP contribution >= 0.6 is 11.6 Å². The summed E-state index contributed by atoms with van der Waals surface area (Å²) in [6.07, 6.45) is 2.53. The van der Waals surface area contributed by atoms with Gasteiger partial charge in [-0.15, -0.1) is 11.6 Å². The van der Waals surface area contributed by atoms with Crippen LogP contribution in [0, 0.1) is 0 Å². The van der Waals surface area contributed by atoms with Crippen molar-refractivity contribution in [3.8, 4) is 0 Å². The van der Waals surface area contributed by atoms with Crippen LogP contribution in [0.25, 0.3) is 0 Å². The number of hydrogen-bond acceptors (Lipinski definition) is 3. The number of alkyl halides is 1. The Bertz CT molecular complexity index is 195. The van der Waals surface area contributed by atoms with Gasteiger partial charge in [0.25, 0.3) is 0 Å². The van der Waals surface area contributed by atoms with E-state index in [2.05, 4.69) is 9.40 Å². The van der Waals surface area contributed by atoms with Crippen LogP contribution in [-0.2, 0) is 0 Å². The number of nitrogens with zero attached hydrogens (tertiary/aromatic N) is 1. The maximum atomic E-state index is 10.6. The highest BCUT2D eigenvalue weighted by Gasteiger charge is 2.05. The standard InChI is InChI=1S/C5H4ClNO2/c6-1-4(8)5-2-7-3-9-5/h2-3H,1H2. The van der Waals surface area contributed by atoms with Gasteiger partial charge in [-0.1, -0.05) is 0 Å². The molecule has 0 aliphatic heterocycles. The van der Waals surface area contributed by atoms with E-state index in [0.29, 0.717) is 0 Å². The Kier molecular flexibility index (Phi) is 1.85. The van der Waals surface area contributed by atoms with Crippen molar-refractivity contribution in [2.75, 3.05) is 5.88 Å². The Balaban J connectivity index is 2.77. The second-order valence-corrected chi connectivity index (χ2v) is 1.69. The van der Waals surface area contributed by atoms with Crippen molar-refractivity contribution in [3.63, 3.8) is 0 Å². The molecule has 0 radical (unpaired) electrons. The van der Waals surface area contributed by atoms with Gasteiger partial charge in [-0.25, -0.2) is 4.98 Å². The van der Waals surface area contributed by atoms with E-state index in [-0.39, 0.29) is 17.4 Å². The van der Waals surface area contributed by atoms with E-state index in [9.17, 15) is 4.79 Å². The molecule has 1 aromatic heterocycles. The first-order valence-electron chi connectivity index (χ1n) is 2.32. The topological polar surface area (TPSA) is 43.1 Å². The third-order valence-corrected chi connectivity index (χ3v) is 1.07. The largest absolute Gasteiger partial charge is 0.440 e. The maximum Gasteiger partial charge on any atom is 0.214 e. The van der Waals surface area contributed by atoms with Gasteiger partial charge in [0.2, 0.25) is 5.78 Å². The van der Waals surface area contributed by atoms with E-state index in [0.717, 1.165) is 0 Å². The minimum atomic E-state index is -0.242. The molecule has 0 amide bonds. The summed E-state index contributed by atoms with van der Waals surface area (Å²) < 4.78 is 4.64. The lowest BCUT2D eigenvalue weighted by molar-refractivity contribution is 0.0990. The van der Waals surface area contributed by atoms with Gasteiger partial charge < -0.3 is 4.42 Å². The molecule has 0 aromatic carbocycles. The van der Waals surface area contributed by atoms with Gasteiger partial charge in [0.1, 0.15) is 0 Å². The van der Waals surface area contributed by atoms with Gasteiger partial charge in [-0.05, 0) is 0 Å². The van der Waals surface area contributed by atoms with Crippen LogP contribution in [0.15, 0.2) is 17.0 Å². The Hall–Kier alpha value is -0.830. The van der Waals surface area contributed by atoms with Crippen LogP contribution in [0.2, 0.25) is 0 Å². The molecule has 0 fully saturated rings. The Labute approximate surface area is 56.6 Å². The summed E-state index contributed by atoms with van der Waals surface area (Å²) >= 11 is 5.21. The van der Waals surface area contributed by atoms with Crippen LogP contribution in [-0.4, -0.2) is 16.6 Å². The number of aromatic nitrogens is 1. The summed E-state index contributed by atoms with van der Waals surface area (Å²) in [5.74, 6) is -0.0889. The first-order valence-corrected chi connectivity index (χ1v) is 2.85. The molecule has 3 nitrogen and oxygen atoms in total. The molecule has 1 heterocycles. The molecule has 0 saturated heterocycles. The van der Waals surface area contributed by atoms with Gasteiger partial charge in [-0.2, -0.15) is 0 Å². The summed E-state index contributed by atoms with van der Waals surface area (Å²) in [4.78, 5) is 14.2. The molecule has 0 saturated carbocycles. The lowest BCUT2D eigenvalue weighted by atomic mass is 10.4. The van der Waals surface area contributed by atoms with Gasteiger partial charge in [-0.3, -0.25) is 4.79 Å². The fourth-order valence-corrected chi connectivity index (χ4v) is 0.551. The first kappa shape index (κ1) is 6.29. The zero-order valence-electron chi connectivity index (χ0n) is 4.50. The minimum Gasteiger partial charge on any atom is -0.440 e. The Morgan fingerprint density at radius 1 is 1.89 bits per heavy atom. The summed E-state index contributed by atoms with van der Waals surface area (Å²) in [7, 11) is 0. The molecule has 0 spiro atoms. The van der Waals surface area contributed by atoms with Gasteiger partial charge in [0.05, 0.1) is 12.1 Å². The van der Waals surface area contributed by atoms with Crippen molar-refractivity contribution in [3.05, 3.63) is 18.4 Å². The van der Waals surface area contributed by atoms with Crippen LogP contribution in [0.4, 0.5) is 0 Å². The lowest BCUT2D eigenvalue weighted by Crippen LogP contribution is -1.96. The molecule has 9 heavy (non-hydrogen) atoms. The van der Waals surface area contributed by atoms with E-state index in [1.54, 1.807) is 0 Å². The Morgan fingerprint density at radius 2 is 2.67 bits per heavy atom. The van der Waals surface area contributed by atoms with E-state index in [1.165, 1.54) is 12.6 Å². The van der Waals surface area contributed by atoms with Gasteiger partial charge in [0, 0.05) is 0 Å². The highest BCUT2D eigenvalue weighted by molar-refractivity contribution is 6.29. The average Bonchev–Trinajstić information content (AvgIpc) is 2.37. The predicted octanol–water partition coefficient (Wildman–Crippen LogP) is 1.10. The predicted molar refractivity (Wildman–Crippen MR) is 31.6 cm³/mol. The molecule has 0 aliphatic carbocycles. The first-order chi connectivity index (χ1) is 4.34. The molecule has 0 aliphatic rings. The number of ketones is 1.